The average Bonchev–Trinajstić information content (AvgIpc) is 2.46. The van der Waals surface area contributed by atoms with Gasteiger partial charge in [-0.15, -0.1) is 0 Å². The van der Waals surface area contributed by atoms with Crippen LogP contribution in [-0.4, -0.2) is 6.03 Å². The summed E-state index contributed by atoms with van der Waals surface area (Å²) < 4.78 is 0. The second-order valence-electron chi connectivity index (χ2n) is 8.17. The molecular weight excluding hydrogens is 296 g/mol. The summed E-state index contributed by atoms with van der Waals surface area (Å²) in [5.41, 5.74) is 3.84. The molecule has 0 aliphatic carbocycles. The Morgan fingerprint density at radius 3 is 1.67 bits per heavy atom. The van der Waals surface area contributed by atoms with Crippen LogP contribution in [0.5, 0.6) is 0 Å². The lowest BCUT2D eigenvalue weighted by Crippen LogP contribution is -2.26. The number of amides is 2. The lowest BCUT2D eigenvalue weighted by atomic mass is 9.79. The standard InChI is InChI=1S/C21H28N2O/c1-20(2,3)16-13-10-14-17(21(4,5)6)18(16)23-19(24)22-15-11-8-7-9-12-15/h7-14H,1-6H3,(H2,22,23,24). The first-order valence-corrected chi connectivity index (χ1v) is 8.36. The largest absolute Gasteiger partial charge is 0.323 e. The summed E-state index contributed by atoms with van der Waals surface area (Å²) in [6.07, 6.45) is 0. The molecule has 0 aliphatic rings. The van der Waals surface area contributed by atoms with Gasteiger partial charge in [-0.3, -0.25) is 0 Å². The second kappa shape index (κ2) is 6.68. The van der Waals surface area contributed by atoms with Crippen LogP contribution < -0.4 is 10.6 Å². The first-order chi connectivity index (χ1) is 11.1. The van der Waals surface area contributed by atoms with E-state index < -0.39 is 0 Å². The highest BCUT2D eigenvalue weighted by molar-refractivity contribution is 6.01. The molecule has 0 radical (unpaired) electrons. The van der Waals surface area contributed by atoms with Crippen molar-refractivity contribution in [1.29, 1.82) is 0 Å². The molecule has 2 aromatic rings. The lowest BCUT2D eigenvalue weighted by Gasteiger charge is -2.30. The summed E-state index contributed by atoms with van der Waals surface area (Å²) in [7, 11) is 0. The van der Waals surface area contributed by atoms with Gasteiger partial charge in [-0.1, -0.05) is 77.9 Å². The number of anilines is 2. The Hall–Kier alpha value is -2.29. The maximum atomic E-state index is 12.5. The van der Waals surface area contributed by atoms with E-state index in [2.05, 4.69) is 70.4 Å². The summed E-state index contributed by atoms with van der Waals surface area (Å²) >= 11 is 0. The van der Waals surface area contributed by atoms with Crippen LogP contribution >= 0.6 is 0 Å². The predicted octanol–water partition coefficient (Wildman–Crippen LogP) is 5.93. The van der Waals surface area contributed by atoms with E-state index in [1.54, 1.807) is 0 Å². The molecule has 3 nitrogen and oxygen atoms in total. The molecular formula is C21H28N2O. The molecule has 2 aromatic carbocycles. The molecule has 0 saturated carbocycles. The molecule has 0 bridgehead atoms. The van der Waals surface area contributed by atoms with Crippen LogP contribution in [0.15, 0.2) is 48.5 Å². The minimum Gasteiger partial charge on any atom is -0.308 e. The Morgan fingerprint density at radius 2 is 1.21 bits per heavy atom. The monoisotopic (exact) mass is 324 g/mol. The molecule has 2 rings (SSSR count). The predicted molar refractivity (Wildman–Crippen MR) is 103 cm³/mol. The van der Waals surface area contributed by atoms with Crippen molar-refractivity contribution in [3.05, 3.63) is 59.7 Å². The minimum absolute atomic E-state index is 0.0589. The third-order valence-corrected chi connectivity index (χ3v) is 3.95. The zero-order chi connectivity index (χ0) is 18.0. The highest BCUT2D eigenvalue weighted by atomic mass is 16.2. The second-order valence-corrected chi connectivity index (χ2v) is 8.17. The van der Waals surface area contributed by atoms with Gasteiger partial charge in [0.05, 0.1) is 0 Å². The van der Waals surface area contributed by atoms with Crippen LogP contribution in [0.1, 0.15) is 52.7 Å². The number of urea groups is 1. The summed E-state index contributed by atoms with van der Waals surface area (Å²) in [6, 6.07) is 15.5. The van der Waals surface area contributed by atoms with Crippen molar-refractivity contribution < 1.29 is 4.79 Å². The molecule has 2 amide bonds. The number of nitrogens with one attached hydrogen (secondary N) is 2. The average molecular weight is 324 g/mol. The Kier molecular flexibility index (Phi) is 5.02. The number of rotatable bonds is 2. The fraction of sp³-hybridized carbons (Fsp3) is 0.381. The Bertz CT molecular complexity index is 675. The van der Waals surface area contributed by atoms with E-state index in [-0.39, 0.29) is 16.9 Å². The Labute approximate surface area is 145 Å². The van der Waals surface area contributed by atoms with Crippen molar-refractivity contribution in [2.45, 2.75) is 52.4 Å². The quantitative estimate of drug-likeness (QED) is 0.706. The lowest BCUT2D eigenvalue weighted by molar-refractivity contribution is 0.262. The van der Waals surface area contributed by atoms with Gasteiger partial charge in [0, 0.05) is 11.4 Å². The summed E-state index contributed by atoms with van der Waals surface area (Å²) in [4.78, 5) is 12.5. The zero-order valence-corrected chi connectivity index (χ0v) is 15.5. The fourth-order valence-electron chi connectivity index (χ4n) is 2.73. The van der Waals surface area contributed by atoms with Gasteiger partial charge in [-0.25, -0.2) is 4.79 Å². The van der Waals surface area contributed by atoms with E-state index >= 15 is 0 Å². The van der Waals surface area contributed by atoms with Gasteiger partial charge in [-0.05, 0) is 34.1 Å². The summed E-state index contributed by atoms with van der Waals surface area (Å²) in [5, 5.41) is 5.99. The van der Waals surface area contributed by atoms with Crippen LogP contribution in [0.2, 0.25) is 0 Å². The van der Waals surface area contributed by atoms with Crippen molar-refractivity contribution in [2.75, 3.05) is 10.6 Å². The molecule has 3 heteroatoms. The first kappa shape index (κ1) is 18.1. The maximum Gasteiger partial charge on any atom is 0.323 e. The number of hydrogen-bond acceptors (Lipinski definition) is 1. The van der Waals surface area contributed by atoms with Gasteiger partial charge < -0.3 is 10.6 Å². The third-order valence-electron chi connectivity index (χ3n) is 3.95. The van der Waals surface area contributed by atoms with E-state index in [0.717, 1.165) is 22.5 Å². The fourth-order valence-corrected chi connectivity index (χ4v) is 2.73. The van der Waals surface area contributed by atoms with Crippen molar-refractivity contribution >= 4 is 17.4 Å². The van der Waals surface area contributed by atoms with Crippen LogP contribution in [-0.2, 0) is 10.8 Å². The molecule has 0 unspecified atom stereocenters. The van der Waals surface area contributed by atoms with E-state index in [9.17, 15) is 4.79 Å². The Morgan fingerprint density at radius 1 is 0.708 bits per heavy atom. The smallest absolute Gasteiger partial charge is 0.308 e. The van der Waals surface area contributed by atoms with E-state index in [4.69, 9.17) is 0 Å². The van der Waals surface area contributed by atoms with Crippen LogP contribution in [0.3, 0.4) is 0 Å². The van der Waals surface area contributed by atoms with E-state index in [0.29, 0.717) is 0 Å². The number of carbonyl (C=O) groups is 1. The molecule has 128 valence electrons. The SMILES string of the molecule is CC(C)(C)c1cccc(C(C)(C)C)c1NC(=O)Nc1ccccc1. The van der Waals surface area contributed by atoms with Crippen molar-refractivity contribution in [3.8, 4) is 0 Å². The molecule has 0 aliphatic heterocycles. The van der Waals surface area contributed by atoms with Gasteiger partial charge in [-0.2, -0.15) is 0 Å². The first-order valence-electron chi connectivity index (χ1n) is 8.36. The Balaban J connectivity index is 2.38. The summed E-state index contributed by atoms with van der Waals surface area (Å²) in [5.74, 6) is 0. The number of benzene rings is 2. The van der Waals surface area contributed by atoms with E-state index in [1.165, 1.54) is 0 Å². The van der Waals surface area contributed by atoms with Crippen LogP contribution in [0.4, 0.5) is 16.2 Å². The molecule has 2 N–H and O–H groups in total. The molecule has 24 heavy (non-hydrogen) atoms. The van der Waals surface area contributed by atoms with E-state index in [1.807, 2.05) is 30.3 Å². The number of para-hydroxylation sites is 2. The minimum atomic E-state index is -0.219. The number of hydrogen-bond donors (Lipinski definition) is 2. The highest BCUT2D eigenvalue weighted by Gasteiger charge is 2.26. The zero-order valence-electron chi connectivity index (χ0n) is 15.5. The van der Waals surface area contributed by atoms with Gasteiger partial charge in [0.2, 0.25) is 0 Å². The van der Waals surface area contributed by atoms with Crippen LogP contribution in [0, 0.1) is 0 Å². The highest BCUT2D eigenvalue weighted by Crippen LogP contribution is 2.37. The topological polar surface area (TPSA) is 41.1 Å². The van der Waals surface area contributed by atoms with Crippen molar-refractivity contribution in [1.82, 2.24) is 0 Å². The third kappa shape index (κ3) is 4.38. The molecule has 0 heterocycles. The molecule has 0 atom stereocenters. The van der Waals surface area contributed by atoms with Gasteiger partial charge >= 0.3 is 6.03 Å². The van der Waals surface area contributed by atoms with Gasteiger partial charge in [0.1, 0.15) is 0 Å². The summed E-state index contributed by atoms with van der Waals surface area (Å²) in [6.45, 7) is 13.0. The molecule has 0 fully saturated rings. The van der Waals surface area contributed by atoms with Crippen molar-refractivity contribution in [3.63, 3.8) is 0 Å². The van der Waals surface area contributed by atoms with Crippen molar-refractivity contribution in [2.24, 2.45) is 0 Å². The van der Waals surface area contributed by atoms with Gasteiger partial charge in [0.15, 0.2) is 0 Å². The molecule has 0 spiro atoms. The van der Waals surface area contributed by atoms with Crippen LogP contribution in [0.25, 0.3) is 0 Å². The number of carbonyl (C=O) groups excluding carboxylic acids is 1. The molecule has 0 aromatic heterocycles. The van der Waals surface area contributed by atoms with Gasteiger partial charge in [0.25, 0.3) is 0 Å². The molecule has 0 saturated heterocycles. The maximum absolute atomic E-state index is 12.5. The normalized spacial score (nSPS) is 11.9.